The standard InChI is InChI=1S/C26H22N8OS.C24H18N8OS.C24H22N8O.C22H18F2N8/c1-14(2)5-22(35)30-18-6-16(8-27-10-18)17-7-19-24(33-34-25(19)29-9-17)26-31-21-12-28-11-20(23(21)32-26)15-3-4-36-13-15;1-2-20(33)28-16-5-14(7-25-9-16)15-6-17-22(31-32-23(17)27-8-15)24-29-19-11-26-10-18(21(19)30-24)13-3-4-34-12-13;33-24(14-4-2-1-3-5-14)28-17-8-15(10-26-12-17)16-9-18-21(31-32-22(18)27-11-16)23-29-19-6-7-25-13-20(19)30-23;23-22(24)2-4-32(12-22)11-13-5-14(8-26-7-13)15-6-16-19(30-31-20(16)27-9-15)21-28-17-1-3-25-10-18(17)29-21/h3-4,6-14H,5H2,1-2H3,(H,30,35)(H,31,32)(H,29,33,34);3-12H,2H2,1H3,(H,28,33)(H,29,30)(H,27,31,32);6-14H,1-5H2,(H,28,33)(H,29,30)(H,27,31,32);1,3,5-10H,2,4,11-12H2,(H,28,29)(H,27,30,31). The Hall–Kier alpha value is -16.8. The molecule has 39 heteroatoms. The Morgan fingerprint density at radius 1 is 0.437 bits per heavy atom. The molecule has 35 nitrogen and oxygen atoms in total. The number of alkyl halides is 2. The summed E-state index contributed by atoms with van der Waals surface area (Å²) in [5.41, 5.74) is 25.8. The second-order valence-electron chi connectivity index (χ2n) is 33.3. The van der Waals surface area contributed by atoms with Gasteiger partial charge in [0.2, 0.25) is 17.7 Å². The molecular formula is C96H80F2N32O3S2. The van der Waals surface area contributed by atoms with Gasteiger partial charge in [0.15, 0.2) is 45.9 Å². The van der Waals surface area contributed by atoms with Crippen molar-refractivity contribution < 1.29 is 23.2 Å². The van der Waals surface area contributed by atoms with Crippen LogP contribution in [-0.2, 0) is 20.9 Å². The molecule has 1 saturated heterocycles. The topological polar surface area (TPSA) is 475 Å². The van der Waals surface area contributed by atoms with Crippen LogP contribution in [0.1, 0.15) is 77.7 Å². The number of carbonyl (C=O) groups is 3. The molecule has 135 heavy (non-hydrogen) atoms. The summed E-state index contributed by atoms with van der Waals surface area (Å²) < 4.78 is 27.0. The summed E-state index contributed by atoms with van der Waals surface area (Å²) in [7, 11) is 0. The van der Waals surface area contributed by atoms with Crippen molar-refractivity contribution in [2.24, 2.45) is 11.8 Å². The Bertz CT molecular complexity index is 8080. The van der Waals surface area contributed by atoms with E-state index >= 15 is 0 Å². The molecule has 2 fully saturated rings. The number of halogens is 2. The van der Waals surface area contributed by atoms with Crippen molar-refractivity contribution in [2.45, 2.75) is 84.6 Å². The fourth-order valence-electron chi connectivity index (χ4n) is 16.6. The molecule has 23 heterocycles. The molecule has 2 aliphatic rings. The third-order valence-electron chi connectivity index (χ3n) is 23.3. The van der Waals surface area contributed by atoms with Gasteiger partial charge in [-0.15, -0.1) is 0 Å². The number of nitrogens with one attached hydrogen (secondary N) is 11. The first-order valence-electron chi connectivity index (χ1n) is 43.5. The number of rotatable bonds is 19. The lowest BCUT2D eigenvalue weighted by molar-refractivity contribution is -0.121. The van der Waals surface area contributed by atoms with Crippen molar-refractivity contribution in [3.8, 4) is 113 Å². The minimum atomic E-state index is -2.61. The van der Waals surface area contributed by atoms with E-state index in [1.807, 2.05) is 105 Å². The Balaban J connectivity index is 0.000000108. The van der Waals surface area contributed by atoms with Crippen molar-refractivity contribution in [1.29, 1.82) is 0 Å². The van der Waals surface area contributed by atoms with Crippen LogP contribution in [0.25, 0.3) is 201 Å². The number of aromatic nitrogens is 28. The van der Waals surface area contributed by atoms with Gasteiger partial charge in [-0.1, -0.05) is 40.0 Å². The second-order valence-corrected chi connectivity index (χ2v) is 34.8. The number of fused-ring (bicyclic) bond motifs is 8. The molecule has 0 radical (unpaired) electrons. The molecule has 1 saturated carbocycles. The highest BCUT2D eigenvalue weighted by Crippen LogP contribution is 2.40. The highest BCUT2D eigenvalue weighted by molar-refractivity contribution is 7.08. The van der Waals surface area contributed by atoms with Gasteiger partial charge in [0.25, 0.3) is 5.92 Å². The van der Waals surface area contributed by atoms with Crippen LogP contribution in [0, 0.1) is 11.8 Å². The number of pyridine rings is 12. The second kappa shape index (κ2) is 36.9. The van der Waals surface area contributed by atoms with Gasteiger partial charge in [0.1, 0.15) is 33.8 Å². The summed E-state index contributed by atoms with van der Waals surface area (Å²) in [6.07, 6.45) is 40.9. The van der Waals surface area contributed by atoms with Crippen LogP contribution >= 0.6 is 22.7 Å². The number of imidazole rings is 4. The summed E-state index contributed by atoms with van der Waals surface area (Å²) in [6.45, 7) is 6.45. The van der Waals surface area contributed by atoms with E-state index in [1.54, 1.807) is 139 Å². The quantitative estimate of drug-likeness (QED) is 0.0358. The van der Waals surface area contributed by atoms with E-state index in [1.165, 1.54) is 6.42 Å². The zero-order chi connectivity index (χ0) is 91.6. The number of aromatic amines is 8. The molecule has 668 valence electrons. The Morgan fingerprint density at radius 2 is 0.837 bits per heavy atom. The van der Waals surface area contributed by atoms with Gasteiger partial charge in [-0.25, -0.2) is 48.7 Å². The van der Waals surface area contributed by atoms with Crippen molar-refractivity contribution in [1.82, 2.24) is 145 Å². The normalized spacial score (nSPS) is 13.4. The van der Waals surface area contributed by atoms with Crippen LogP contribution < -0.4 is 16.0 Å². The van der Waals surface area contributed by atoms with E-state index in [2.05, 4.69) is 169 Å². The SMILES string of the molecule is CC(C)CC(=O)Nc1cncc(-c2cnc3n[nH]c(-c4nc5c(-c6ccsc6)cncc5[nH]4)c3c2)c1.CCC(=O)Nc1cncc(-c2cnc3n[nH]c(-c4nc5c(-c6ccsc6)cncc5[nH]4)c3c2)c1.FC1(F)CCN(Cc2cncc(-c3cnc4n[nH]c(-c5nc6ccncc6[nH]5)c4c3)c2)C1.O=C(Nc1cncc(-c2cnc3n[nH]c(-c4nc5ccncc5[nH]4)c3c2)c1)C1CCCCC1. The van der Waals surface area contributed by atoms with Crippen molar-refractivity contribution in [3.05, 3.63) is 224 Å². The summed E-state index contributed by atoms with van der Waals surface area (Å²) in [5.74, 6) is 0.384. The van der Waals surface area contributed by atoms with Gasteiger partial charge in [0.05, 0.1) is 122 Å². The number of hydrogen-bond acceptors (Lipinski definition) is 26. The van der Waals surface area contributed by atoms with Crippen LogP contribution in [0.5, 0.6) is 0 Å². The van der Waals surface area contributed by atoms with Gasteiger partial charge >= 0.3 is 0 Å². The van der Waals surface area contributed by atoms with Gasteiger partial charge in [-0.05, 0) is 130 Å². The molecule has 22 aromatic heterocycles. The number of amides is 3. The minimum absolute atomic E-state index is 0.0316. The van der Waals surface area contributed by atoms with E-state index in [-0.39, 0.29) is 42.5 Å². The van der Waals surface area contributed by atoms with Crippen LogP contribution in [0.15, 0.2) is 218 Å². The fraction of sp³-hybridized carbons (Fsp3) is 0.177. The molecule has 0 atom stereocenters. The average Bonchev–Trinajstić information content (AvgIpc) is 1.64. The number of thiophene rings is 2. The number of likely N-dealkylation sites (tertiary alicyclic amines) is 1. The number of anilines is 3. The predicted molar refractivity (Wildman–Crippen MR) is 514 cm³/mol. The van der Waals surface area contributed by atoms with E-state index < -0.39 is 5.92 Å². The van der Waals surface area contributed by atoms with Crippen LogP contribution in [0.3, 0.4) is 0 Å². The summed E-state index contributed by atoms with van der Waals surface area (Å²) in [4.78, 5) is 123. The third-order valence-corrected chi connectivity index (χ3v) is 24.7. The molecule has 1 aliphatic carbocycles. The zero-order valence-electron chi connectivity index (χ0n) is 72.4. The molecular weight excluding hydrogens is 1750 g/mol. The zero-order valence-corrected chi connectivity index (χ0v) is 74.0. The first-order chi connectivity index (χ1) is 66.0. The predicted octanol–water partition coefficient (Wildman–Crippen LogP) is 19.0. The summed E-state index contributed by atoms with van der Waals surface area (Å²) in [5, 5.41) is 49.9. The minimum Gasteiger partial charge on any atom is -0.335 e. The molecule has 22 aromatic rings. The first kappa shape index (κ1) is 85.0. The number of carbonyl (C=O) groups excluding carboxylic acids is 3. The molecule has 0 aromatic carbocycles. The number of nitrogens with zero attached hydrogens (tertiary/aromatic N) is 21. The molecule has 0 unspecified atom stereocenters. The smallest absolute Gasteiger partial charge is 0.261 e. The summed E-state index contributed by atoms with van der Waals surface area (Å²) >= 11 is 3.27. The van der Waals surface area contributed by atoms with Crippen LogP contribution in [-0.4, -0.2) is 182 Å². The lowest BCUT2D eigenvalue weighted by Gasteiger charge is -2.20. The first-order valence-corrected chi connectivity index (χ1v) is 45.4. The van der Waals surface area contributed by atoms with Gasteiger partial charge in [-0.3, -0.25) is 79.6 Å². The fourth-order valence-corrected chi connectivity index (χ4v) is 17.9. The molecule has 3 amide bonds. The van der Waals surface area contributed by atoms with Crippen molar-refractivity contribution >= 4 is 146 Å². The number of H-pyrrole nitrogens is 8. The molecule has 11 N–H and O–H groups in total. The highest BCUT2D eigenvalue weighted by atomic mass is 32.1. The van der Waals surface area contributed by atoms with Gasteiger partial charge in [-0.2, -0.15) is 43.1 Å². The van der Waals surface area contributed by atoms with Gasteiger partial charge < -0.3 is 35.9 Å². The monoisotopic (exact) mass is 1830 g/mol. The van der Waals surface area contributed by atoms with E-state index in [4.69, 9.17) is 9.97 Å². The van der Waals surface area contributed by atoms with Crippen molar-refractivity contribution in [2.75, 3.05) is 29.0 Å². The third kappa shape index (κ3) is 18.2. The van der Waals surface area contributed by atoms with E-state index in [0.29, 0.717) is 88.9 Å². The lowest BCUT2D eigenvalue weighted by atomic mass is 9.88. The Morgan fingerprint density at radius 3 is 1.25 bits per heavy atom. The average molecular weight is 1830 g/mol. The largest absolute Gasteiger partial charge is 0.335 e. The van der Waals surface area contributed by atoms with Gasteiger partial charge in [0, 0.05) is 174 Å². The Kier molecular flexibility index (Phi) is 23.2. The number of hydrogen-bond donors (Lipinski definition) is 11. The lowest BCUT2D eigenvalue weighted by Crippen LogP contribution is -2.24. The maximum absolute atomic E-state index is 13.5. The van der Waals surface area contributed by atoms with Crippen LogP contribution in [0.2, 0.25) is 0 Å². The molecule has 1 aliphatic heterocycles. The van der Waals surface area contributed by atoms with Crippen LogP contribution in [0.4, 0.5) is 25.8 Å². The maximum Gasteiger partial charge on any atom is 0.261 e. The maximum atomic E-state index is 13.5. The molecule has 0 spiro atoms. The molecule has 0 bridgehead atoms. The molecule has 24 rings (SSSR count). The van der Waals surface area contributed by atoms with E-state index in [9.17, 15) is 23.2 Å². The highest BCUT2D eigenvalue weighted by Gasteiger charge is 2.38. The summed E-state index contributed by atoms with van der Waals surface area (Å²) in [6, 6.07) is 23.5. The van der Waals surface area contributed by atoms with Crippen molar-refractivity contribution in [3.63, 3.8) is 0 Å². The Labute approximate surface area is 771 Å². The van der Waals surface area contributed by atoms with E-state index in [0.717, 1.165) is 186 Å².